The number of allylic oxidation sites excluding steroid dienone is 1. The molecule has 2 aromatic rings. The van der Waals surface area contributed by atoms with Gasteiger partial charge < -0.3 is 15.0 Å². The molecule has 1 amide bonds. The molecule has 3 heterocycles. The van der Waals surface area contributed by atoms with Gasteiger partial charge in [0.15, 0.2) is 5.82 Å². The highest BCUT2D eigenvalue weighted by Crippen LogP contribution is 2.24. The average molecular weight is 421 g/mol. The van der Waals surface area contributed by atoms with Crippen molar-refractivity contribution in [2.24, 2.45) is 5.92 Å². The maximum absolute atomic E-state index is 12.5. The Morgan fingerprint density at radius 3 is 2.65 bits per heavy atom. The lowest BCUT2D eigenvalue weighted by Crippen LogP contribution is -2.39. The van der Waals surface area contributed by atoms with Gasteiger partial charge in [-0.25, -0.2) is 0 Å². The van der Waals surface area contributed by atoms with Crippen LogP contribution in [0.1, 0.15) is 43.8 Å². The number of amides is 1. The number of para-hydroxylation sites is 1. The van der Waals surface area contributed by atoms with Gasteiger partial charge in [0.2, 0.25) is 5.91 Å². The highest BCUT2D eigenvalue weighted by molar-refractivity contribution is 5.92. The average Bonchev–Trinajstić information content (AvgIpc) is 3.02. The van der Waals surface area contributed by atoms with Gasteiger partial charge in [-0.15, -0.1) is 10.2 Å². The number of piperidine rings is 1. The van der Waals surface area contributed by atoms with Gasteiger partial charge >= 0.3 is 0 Å². The van der Waals surface area contributed by atoms with Crippen molar-refractivity contribution < 1.29 is 9.90 Å². The smallest absolute Gasteiger partial charge is 0.227 e. The van der Waals surface area contributed by atoms with Crippen molar-refractivity contribution in [1.29, 1.82) is 5.26 Å². The number of likely N-dealkylation sites (tertiary alicyclic amines) is 1. The summed E-state index contributed by atoms with van der Waals surface area (Å²) in [5.41, 5.74) is 1.01. The van der Waals surface area contributed by atoms with Gasteiger partial charge in [-0.2, -0.15) is 5.26 Å². The second kappa shape index (κ2) is 9.75. The lowest BCUT2D eigenvalue weighted by Gasteiger charge is -2.31. The molecule has 2 aliphatic rings. The van der Waals surface area contributed by atoms with E-state index in [2.05, 4.69) is 26.5 Å². The Morgan fingerprint density at radius 2 is 1.90 bits per heavy atom. The van der Waals surface area contributed by atoms with Gasteiger partial charge in [-0.3, -0.25) is 9.69 Å². The fourth-order valence-electron chi connectivity index (χ4n) is 4.32. The van der Waals surface area contributed by atoms with E-state index < -0.39 is 0 Å². The molecule has 0 saturated carbocycles. The predicted molar refractivity (Wildman–Crippen MR) is 117 cm³/mol. The number of carbonyl (C=O) groups excluding carboxylic acids is 1. The molecular weight excluding hydrogens is 392 g/mol. The molecule has 0 radical (unpaired) electrons. The standard InChI is InChI=1S/C23H28N6O2/c24-15-19(22-27-26-21-9-5-2-6-12-29(21)22)20(30)16-28-13-10-17(11-14-28)23(31)25-18-7-3-1-4-8-18/h1,3-4,7-8,17,30H,2,5-6,9-14,16H2,(H,25,31)/b20-19-. The third-order valence-electron chi connectivity index (χ3n) is 6.11. The number of aromatic nitrogens is 3. The molecule has 2 aliphatic heterocycles. The summed E-state index contributed by atoms with van der Waals surface area (Å²) in [6.07, 6.45) is 5.51. The number of aliphatic hydroxyl groups is 1. The maximum Gasteiger partial charge on any atom is 0.227 e. The van der Waals surface area contributed by atoms with E-state index >= 15 is 0 Å². The summed E-state index contributed by atoms with van der Waals surface area (Å²) in [5, 5.41) is 31.8. The highest BCUT2D eigenvalue weighted by atomic mass is 16.3. The van der Waals surface area contributed by atoms with Crippen molar-refractivity contribution >= 4 is 17.2 Å². The van der Waals surface area contributed by atoms with Crippen LogP contribution in [0.2, 0.25) is 0 Å². The summed E-state index contributed by atoms with van der Waals surface area (Å²) in [5.74, 6) is 1.36. The molecule has 8 nitrogen and oxygen atoms in total. The first-order chi connectivity index (χ1) is 15.2. The minimum absolute atomic E-state index is 0.0223. The van der Waals surface area contributed by atoms with Crippen molar-refractivity contribution in [3.63, 3.8) is 0 Å². The van der Waals surface area contributed by atoms with Crippen LogP contribution in [0.25, 0.3) is 5.57 Å². The highest BCUT2D eigenvalue weighted by Gasteiger charge is 2.27. The Kier molecular flexibility index (Phi) is 6.63. The first-order valence-corrected chi connectivity index (χ1v) is 11.0. The number of aliphatic hydroxyl groups excluding tert-OH is 1. The second-order valence-electron chi connectivity index (χ2n) is 8.24. The molecule has 0 spiro atoms. The normalized spacial score (nSPS) is 18.4. The molecule has 1 fully saturated rings. The van der Waals surface area contributed by atoms with Gasteiger partial charge in [0.1, 0.15) is 23.2 Å². The summed E-state index contributed by atoms with van der Waals surface area (Å²) >= 11 is 0. The van der Waals surface area contributed by atoms with E-state index in [-0.39, 0.29) is 29.7 Å². The summed E-state index contributed by atoms with van der Waals surface area (Å²) < 4.78 is 1.97. The van der Waals surface area contributed by atoms with Gasteiger partial charge in [-0.1, -0.05) is 24.6 Å². The van der Waals surface area contributed by atoms with Gasteiger partial charge in [0.05, 0.1) is 6.54 Å². The van der Waals surface area contributed by atoms with Crippen LogP contribution in [0.15, 0.2) is 36.1 Å². The Balaban J connectivity index is 1.37. The lowest BCUT2D eigenvalue weighted by atomic mass is 9.95. The summed E-state index contributed by atoms with van der Waals surface area (Å²) in [6.45, 7) is 2.43. The predicted octanol–water partition coefficient (Wildman–Crippen LogP) is 3.15. The number of aryl methyl sites for hydroxylation is 1. The van der Waals surface area contributed by atoms with E-state index in [1.54, 1.807) is 0 Å². The molecule has 2 N–H and O–H groups in total. The molecule has 31 heavy (non-hydrogen) atoms. The number of anilines is 1. The topological polar surface area (TPSA) is 107 Å². The lowest BCUT2D eigenvalue weighted by molar-refractivity contribution is -0.121. The monoisotopic (exact) mass is 420 g/mol. The maximum atomic E-state index is 12.5. The van der Waals surface area contributed by atoms with Crippen molar-refractivity contribution in [2.75, 3.05) is 25.0 Å². The summed E-state index contributed by atoms with van der Waals surface area (Å²) in [6, 6.07) is 11.6. The zero-order valence-electron chi connectivity index (χ0n) is 17.6. The van der Waals surface area contributed by atoms with Crippen LogP contribution in [-0.2, 0) is 17.8 Å². The number of nitrogens with zero attached hydrogens (tertiary/aromatic N) is 5. The zero-order valence-corrected chi connectivity index (χ0v) is 17.6. The summed E-state index contributed by atoms with van der Waals surface area (Å²) in [7, 11) is 0. The van der Waals surface area contributed by atoms with E-state index in [0.29, 0.717) is 31.8 Å². The Labute approximate surface area is 182 Å². The van der Waals surface area contributed by atoms with Gasteiger partial charge in [0.25, 0.3) is 0 Å². The van der Waals surface area contributed by atoms with E-state index in [1.807, 2.05) is 34.9 Å². The Bertz CT molecular complexity index is 983. The second-order valence-corrected chi connectivity index (χ2v) is 8.24. The number of fused-ring (bicyclic) bond motifs is 1. The number of hydrogen-bond acceptors (Lipinski definition) is 6. The van der Waals surface area contributed by atoms with Crippen LogP contribution in [0.4, 0.5) is 5.69 Å². The van der Waals surface area contributed by atoms with Crippen molar-refractivity contribution in [3.05, 3.63) is 47.7 Å². The largest absolute Gasteiger partial charge is 0.509 e. The Morgan fingerprint density at radius 1 is 1.13 bits per heavy atom. The fourth-order valence-corrected chi connectivity index (χ4v) is 4.32. The molecule has 4 rings (SSSR count). The minimum Gasteiger partial charge on any atom is -0.509 e. The number of carbonyl (C=O) groups is 1. The van der Waals surface area contributed by atoms with Crippen LogP contribution in [0.5, 0.6) is 0 Å². The van der Waals surface area contributed by atoms with Gasteiger partial charge in [-0.05, 0) is 50.9 Å². The first kappa shape index (κ1) is 21.1. The van der Waals surface area contributed by atoms with Crippen LogP contribution in [0, 0.1) is 17.2 Å². The van der Waals surface area contributed by atoms with Crippen LogP contribution >= 0.6 is 0 Å². The molecule has 0 unspecified atom stereocenters. The SMILES string of the molecule is N#C/C(=C(/O)CN1CCC(C(=O)Nc2ccccc2)CC1)c1nnc2n1CCCCC2. The molecule has 1 saturated heterocycles. The Hall–Kier alpha value is -3.18. The van der Waals surface area contributed by atoms with Crippen molar-refractivity contribution in [3.8, 4) is 6.07 Å². The third kappa shape index (κ3) is 4.94. The number of nitriles is 1. The summed E-state index contributed by atoms with van der Waals surface area (Å²) in [4.78, 5) is 14.6. The molecular formula is C23H28N6O2. The zero-order chi connectivity index (χ0) is 21.6. The van der Waals surface area contributed by atoms with E-state index in [1.165, 1.54) is 0 Å². The third-order valence-corrected chi connectivity index (χ3v) is 6.11. The molecule has 0 bridgehead atoms. The number of rotatable bonds is 5. The van der Waals surface area contributed by atoms with E-state index in [9.17, 15) is 15.2 Å². The molecule has 8 heteroatoms. The first-order valence-electron chi connectivity index (χ1n) is 11.0. The van der Waals surface area contributed by atoms with Crippen LogP contribution in [0.3, 0.4) is 0 Å². The van der Waals surface area contributed by atoms with E-state index in [0.717, 1.165) is 43.7 Å². The molecule has 0 aliphatic carbocycles. The number of nitrogens with one attached hydrogen (secondary N) is 1. The van der Waals surface area contributed by atoms with E-state index in [4.69, 9.17) is 0 Å². The fraction of sp³-hybridized carbons (Fsp3) is 0.478. The quantitative estimate of drug-likeness (QED) is 0.568. The van der Waals surface area contributed by atoms with Crippen LogP contribution < -0.4 is 5.32 Å². The molecule has 162 valence electrons. The van der Waals surface area contributed by atoms with Crippen molar-refractivity contribution in [1.82, 2.24) is 19.7 Å². The molecule has 1 aromatic heterocycles. The van der Waals surface area contributed by atoms with Gasteiger partial charge in [0, 0.05) is 24.6 Å². The minimum atomic E-state index is -0.0507. The number of benzene rings is 1. The van der Waals surface area contributed by atoms with Crippen LogP contribution in [-0.4, -0.2) is 50.3 Å². The number of hydrogen-bond donors (Lipinski definition) is 2. The molecule has 1 aromatic carbocycles. The molecule has 0 atom stereocenters. The van der Waals surface area contributed by atoms with Crippen molar-refractivity contribution in [2.45, 2.75) is 45.1 Å².